The minimum absolute atomic E-state index is 0.0267. The van der Waals surface area contributed by atoms with E-state index in [9.17, 15) is 22.4 Å². The highest BCUT2D eigenvalue weighted by Gasteiger charge is 2.43. The molecular weight excluding hydrogens is 477 g/mol. The third kappa shape index (κ3) is 4.62. The number of amides is 3. The predicted octanol–water partition coefficient (Wildman–Crippen LogP) is 3.29. The molecule has 0 saturated carbocycles. The predicted molar refractivity (Wildman–Crippen MR) is 127 cm³/mol. The molecule has 0 fully saturated rings. The average Bonchev–Trinajstić information content (AvgIpc) is 2.86. The fourth-order valence-corrected chi connectivity index (χ4v) is 5.25. The number of fused-ring (bicyclic) bond motifs is 1. The molecule has 11 heteroatoms. The Kier molecular flexibility index (Phi) is 6.61. The fourth-order valence-electron chi connectivity index (χ4n) is 3.67. The van der Waals surface area contributed by atoms with Crippen molar-refractivity contribution in [3.8, 4) is 11.5 Å². The molecule has 3 aromatic rings. The second-order valence-electron chi connectivity index (χ2n) is 7.55. The molecule has 0 atom stereocenters. The van der Waals surface area contributed by atoms with Gasteiger partial charge in [0, 0.05) is 12.6 Å². The molecule has 182 valence electrons. The number of nitrogens with one attached hydrogen (secondary N) is 1. The molecule has 9 nitrogen and oxygen atoms in total. The van der Waals surface area contributed by atoms with Gasteiger partial charge in [0.1, 0.15) is 17.3 Å². The number of rotatable bonds is 7. The Morgan fingerprint density at radius 3 is 2.34 bits per heavy atom. The Hall–Kier alpha value is -4.12. The highest BCUT2D eigenvalue weighted by molar-refractivity contribution is 7.94. The molecule has 1 heterocycles. The van der Waals surface area contributed by atoms with Gasteiger partial charge in [0.25, 0.3) is 10.0 Å². The first-order valence-electron chi connectivity index (χ1n) is 10.5. The van der Waals surface area contributed by atoms with Crippen LogP contribution in [0.3, 0.4) is 0 Å². The molecule has 4 rings (SSSR count). The van der Waals surface area contributed by atoms with E-state index in [1.807, 2.05) is 0 Å². The van der Waals surface area contributed by atoms with Crippen molar-refractivity contribution in [2.24, 2.45) is 0 Å². The molecule has 0 bridgehead atoms. The summed E-state index contributed by atoms with van der Waals surface area (Å²) in [6.07, 6.45) is 0. The minimum atomic E-state index is -4.28. The number of benzene rings is 3. The summed E-state index contributed by atoms with van der Waals surface area (Å²) in [5, 5.41) is 2.67. The van der Waals surface area contributed by atoms with E-state index in [1.54, 1.807) is 6.07 Å². The number of urea groups is 1. The SMILES string of the molecule is COc1ccc(N2C(=O)N(CC(=O)NCc3ccc(F)cc3)c3ccccc3S2(=O)=O)cc1OC. The van der Waals surface area contributed by atoms with Crippen molar-refractivity contribution in [3.05, 3.63) is 78.1 Å². The summed E-state index contributed by atoms with van der Waals surface area (Å²) in [7, 11) is -1.46. The number of carbonyl (C=O) groups is 2. The van der Waals surface area contributed by atoms with Crippen molar-refractivity contribution in [2.45, 2.75) is 11.4 Å². The number of carbonyl (C=O) groups excluding carboxylic acids is 2. The highest BCUT2D eigenvalue weighted by atomic mass is 32.2. The number of halogens is 1. The van der Waals surface area contributed by atoms with Crippen LogP contribution in [-0.4, -0.2) is 41.1 Å². The smallest absolute Gasteiger partial charge is 0.343 e. The topological polar surface area (TPSA) is 105 Å². The van der Waals surface area contributed by atoms with Crippen LogP contribution in [0.2, 0.25) is 0 Å². The van der Waals surface area contributed by atoms with Crippen LogP contribution in [0.15, 0.2) is 71.6 Å². The van der Waals surface area contributed by atoms with Crippen molar-refractivity contribution >= 4 is 33.3 Å². The second-order valence-corrected chi connectivity index (χ2v) is 9.30. The summed E-state index contributed by atoms with van der Waals surface area (Å²) in [4.78, 5) is 27.2. The molecule has 3 amide bonds. The summed E-state index contributed by atoms with van der Waals surface area (Å²) in [5.41, 5.74) is 0.782. The van der Waals surface area contributed by atoms with Crippen LogP contribution in [0.1, 0.15) is 5.56 Å². The Labute approximate surface area is 201 Å². The van der Waals surface area contributed by atoms with Crippen LogP contribution in [-0.2, 0) is 21.4 Å². The van der Waals surface area contributed by atoms with Crippen LogP contribution >= 0.6 is 0 Å². The van der Waals surface area contributed by atoms with Crippen LogP contribution in [0, 0.1) is 5.82 Å². The van der Waals surface area contributed by atoms with Gasteiger partial charge in [-0.2, -0.15) is 4.31 Å². The number of sulfonamides is 1. The van der Waals surface area contributed by atoms with Gasteiger partial charge >= 0.3 is 6.03 Å². The number of methoxy groups -OCH3 is 2. The lowest BCUT2D eigenvalue weighted by molar-refractivity contribution is -0.119. The monoisotopic (exact) mass is 499 g/mol. The maximum absolute atomic E-state index is 13.5. The normalized spacial score (nSPS) is 14.3. The first kappa shape index (κ1) is 24.0. The number of anilines is 2. The number of hydrogen-bond acceptors (Lipinski definition) is 6. The maximum atomic E-state index is 13.5. The molecule has 1 N–H and O–H groups in total. The molecule has 35 heavy (non-hydrogen) atoms. The summed E-state index contributed by atoms with van der Waals surface area (Å²) in [6.45, 7) is -0.323. The molecule has 0 aliphatic carbocycles. The Balaban J connectivity index is 1.66. The van der Waals surface area contributed by atoms with Gasteiger partial charge in [0.05, 0.1) is 25.6 Å². The quantitative estimate of drug-likeness (QED) is 0.535. The third-order valence-electron chi connectivity index (χ3n) is 5.39. The summed E-state index contributed by atoms with van der Waals surface area (Å²) in [6, 6.07) is 14.9. The first-order valence-corrected chi connectivity index (χ1v) is 11.9. The van der Waals surface area contributed by atoms with E-state index >= 15 is 0 Å². The molecule has 0 unspecified atom stereocenters. The largest absolute Gasteiger partial charge is 0.493 e. The Bertz CT molecular complexity index is 1380. The van der Waals surface area contributed by atoms with E-state index in [1.165, 1.54) is 74.9 Å². The standard InChI is InChI=1S/C24H22FN3O6S/c1-33-20-12-11-18(13-21(20)34-2)28-24(30)27(19-5-3-4-6-22(19)35(28,31)32)15-23(29)26-14-16-7-9-17(25)10-8-16/h3-13H,14-15H2,1-2H3,(H,26,29). The summed E-state index contributed by atoms with van der Waals surface area (Å²) >= 11 is 0. The van der Waals surface area contributed by atoms with E-state index in [2.05, 4.69) is 5.32 Å². The van der Waals surface area contributed by atoms with E-state index in [0.29, 0.717) is 15.6 Å². The molecule has 0 radical (unpaired) electrons. The third-order valence-corrected chi connectivity index (χ3v) is 7.13. The molecule has 3 aromatic carbocycles. The molecule has 0 aromatic heterocycles. The van der Waals surface area contributed by atoms with E-state index < -0.39 is 34.3 Å². The lowest BCUT2D eigenvalue weighted by Gasteiger charge is -2.36. The molecule has 1 aliphatic heterocycles. The number of hydrogen-bond donors (Lipinski definition) is 1. The van der Waals surface area contributed by atoms with Crippen LogP contribution in [0.4, 0.5) is 20.6 Å². The highest BCUT2D eigenvalue weighted by Crippen LogP contribution is 2.39. The van der Waals surface area contributed by atoms with Gasteiger partial charge in [-0.25, -0.2) is 17.6 Å². The number of para-hydroxylation sites is 1. The molecular formula is C24H22FN3O6S. The Morgan fingerprint density at radius 2 is 1.66 bits per heavy atom. The van der Waals surface area contributed by atoms with Gasteiger partial charge in [-0.05, 0) is 42.0 Å². The second kappa shape index (κ2) is 9.63. The summed E-state index contributed by atoms with van der Waals surface area (Å²) in [5.74, 6) is -0.331. The van der Waals surface area contributed by atoms with Gasteiger partial charge in [-0.1, -0.05) is 24.3 Å². The number of ether oxygens (including phenoxy) is 2. The van der Waals surface area contributed by atoms with Gasteiger partial charge < -0.3 is 14.8 Å². The molecule has 0 saturated heterocycles. The van der Waals surface area contributed by atoms with Gasteiger partial charge in [-0.15, -0.1) is 0 Å². The van der Waals surface area contributed by atoms with Crippen LogP contribution in [0.25, 0.3) is 0 Å². The lowest BCUT2D eigenvalue weighted by atomic mass is 10.2. The van der Waals surface area contributed by atoms with Gasteiger partial charge in [-0.3, -0.25) is 9.69 Å². The average molecular weight is 500 g/mol. The van der Waals surface area contributed by atoms with E-state index in [0.717, 1.165) is 4.90 Å². The number of nitrogens with zero attached hydrogens (tertiary/aromatic N) is 2. The van der Waals surface area contributed by atoms with Crippen molar-refractivity contribution < 1.29 is 31.9 Å². The first-order chi connectivity index (χ1) is 16.8. The lowest BCUT2D eigenvalue weighted by Crippen LogP contribution is -2.53. The van der Waals surface area contributed by atoms with E-state index in [-0.39, 0.29) is 28.6 Å². The zero-order valence-corrected chi connectivity index (χ0v) is 19.7. The van der Waals surface area contributed by atoms with Crippen molar-refractivity contribution in [1.82, 2.24) is 5.32 Å². The minimum Gasteiger partial charge on any atom is -0.493 e. The van der Waals surface area contributed by atoms with Gasteiger partial charge in [0.15, 0.2) is 11.5 Å². The van der Waals surface area contributed by atoms with Crippen LogP contribution in [0.5, 0.6) is 11.5 Å². The van der Waals surface area contributed by atoms with Crippen LogP contribution < -0.4 is 24.0 Å². The van der Waals surface area contributed by atoms with Gasteiger partial charge in [0.2, 0.25) is 5.91 Å². The molecule has 1 aliphatic rings. The zero-order chi connectivity index (χ0) is 25.2. The van der Waals surface area contributed by atoms with Crippen molar-refractivity contribution in [3.63, 3.8) is 0 Å². The summed E-state index contributed by atoms with van der Waals surface area (Å²) < 4.78 is 51.0. The Morgan fingerprint density at radius 1 is 0.971 bits per heavy atom. The molecule has 0 spiro atoms. The van der Waals surface area contributed by atoms with Crippen molar-refractivity contribution in [2.75, 3.05) is 30.0 Å². The maximum Gasteiger partial charge on any atom is 0.343 e. The zero-order valence-electron chi connectivity index (χ0n) is 18.9. The van der Waals surface area contributed by atoms with E-state index in [4.69, 9.17) is 9.47 Å². The van der Waals surface area contributed by atoms with Crippen molar-refractivity contribution in [1.29, 1.82) is 0 Å². The fraction of sp³-hybridized carbons (Fsp3) is 0.167.